The van der Waals surface area contributed by atoms with Gasteiger partial charge in [0.2, 0.25) is 5.91 Å². The molecule has 0 aromatic heterocycles. The summed E-state index contributed by atoms with van der Waals surface area (Å²) in [6.45, 7) is 0.918. The Hall–Kier alpha value is -2.16. The summed E-state index contributed by atoms with van der Waals surface area (Å²) < 4.78 is 12.9. The first kappa shape index (κ1) is 19.2. The number of hydrogen-bond acceptors (Lipinski definition) is 2. The number of amides is 1. The Morgan fingerprint density at radius 1 is 1.20 bits per heavy atom. The third-order valence-electron chi connectivity index (χ3n) is 3.89. The van der Waals surface area contributed by atoms with Crippen molar-refractivity contribution in [2.24, 2.45) is 4.99 Å². The molecule has 2 aromatic rings. The molecule has 0 saturated carbocycles. The molecule has 0 bridgehead atoms. The van der Waals surface area contributed by atoms with Gasteiger partial charge in [-0.3, -0.25) is 9.79 Å². The van der Waals surface area contributed by atoms with E-state index in [1.165, 1.54) is 29.8 Å². The van der Waals surface area contributed by atoms with E-state index in [0.29, 0.717) is 11.6 Å². The maximum atomic E-state index is 12.9. The molecule has 0 fully saturated rings. The van der Waals surface area contributed by atoms with E-state index in [4.69, 9.17) is 0 Å². The zero-order valence-electron chi connectivity index (χ0n) is 13.8. The minimum absolute atomic E-state index is 0. The van der Waals surface area contributed by atoms with Gasteiger partial charge in [0.25, 0.3) is 0 Å². The van der Waals surface area contributed by atoms with Crippen molar-refractivity contribution < 1.29 is 9.18 Å². The topological polar surface area (TPSA) is 56.7 Å². The fourth-order valence-electron chi connectivity index (χ4n) is 2.75. The Morgan fingerprint density at radius 3 is 2.64 bits per heavy atom. The van der Waals surface area contributed by atoms with Crippen LogP contribution in [-0.4, -0.2) is 32.0 Å². The number of carbonyl (C=O) groups is 1. The Kier molecular flexibility index (Phi) is 6.74. The Labute approximate surface area is 163 Å². The monoisotopic (exact) mass is 454 g/mol. The number of para-hydroxylation sites is 1. The fraction of sp³-hybridized carbons (Fsp3) is 0.222. The summed E-state index contributed by atoms with van der Waals surface area (Å²) in [6, 6.07) is 13.8. The van der Waals surface area contributed by atoms with Crippen LogP contribution >= 0.6 is 24.0 Å². The van der Waals surface area contributed by atoms with Gasteiger partial charge in [-0.2, -0.15) is 0 Å². The van der Waals surface area contributed by atoms with Crippen LogP contribution in [0.4, 0.5) is 15.8 Å². The van der Waals surface area contributed by atoms with Gasteiger partial charge in [0.05, 0.1) is 6.54 Å². The summed E-state index contributed by atoms with van der Waals surface area (Å²) in [4.78, 5) is 18.4. The first-order valence-electron chi connectivity index (χ1n) is 7.79. The predicted octanol–water partition coefficient (Wildman–Crippen LogP) is 3.02. The number of aliphatic imine (C=N–C) groups is 1. The molecule has 2 N–H and O–H groups in total. The van der Waals surface area contributed by atoms with E-state index in [9.17, 15) is 9.18 Å². The van der Waals surface area contributed by atoms with Crippen molar-refractivity contribution in [3.05, 3.63) is 59.9 Å². The van der Waals surface area contributed by atoms with Gasteiger partial charge in [-0.05, 0) is 42.3 Å². The summed E-state index contributed by atoms with van der Waals surface area (Å²) in [6.07, 6.45) is 0.957. The minimum atomic E-state index is -0.334. The molecule has 7 heteroatoms. The van der Waals surface area contributed by atoms with Crippen molar-refractivity contribution in [1.82, 2.24) is 5.32 Å². The number of fused-ring (bicyclic) bond motifs is 1. The van der Waals surface area contributed by atoms with Crippen molar-refractivity contribution in [3.8, 4) is 0 Å². The summed E-state index contributed by atoms with van der Waals surface area (Å²) in [5.41, 5.74) is 2.95. The maximum Gasteiger partial charge on any atom is 0.243 e. The lowest BCUT2D eigenvalue weighted by Gasteiger charge is -2.22. The molecular weight excluding hydrogens is 434 g/mol. The van der Waals surface area contributed by atoms with Crippen molar-refractivity contribution in [3.63, 3.8) is 0 Å². The lowest BCUT2D eigenvalue weighted by molar-refractivity contribution is -0.115. The van der Waals surface area contributed by atoms with Gasteiger partial charge < -0.3 is 15.5 Å². The molecule has 25 heavy (non-hydrogen) atoms. The Morgan fingerprint density at radius 2 is 1.92 bits per heavy atom. The molecule has 1 aliphatic heterocycles. The number of anilines is 2. The molecule has 0 radical (unpaired) electrons. The molecule has 0 unspecified atom stereocenters. The quantitative estimate of drug-likeness (QED) is 0.426. The number of rotatable bonds is 3. The third kappa shape index (κ3) is 4.68. The van der Waals surface area contributed by atoms with Crippen LogP contribution in [-0.2, 0) is 11.2 Å². The molecule has 0 atom stereocenters. The zero-order valence-corrected chi connectivity index (χ0v) is 16.2. The van der Waals surface area contributed by atoms with E-state index < -0.39 is 0 Å². The summed E-state index contributed by atoms with van der Waals surface area (Å²) >= 11 is 0. The van der Waals surface area contributed by atoms with Crippen LogP contribution in [0.25, 0.3) is 0 Å². The summed E-state index contributed by atoms with van der Waals surface area (Å²) in [7, 11) is 1.70. The molecule has 0 saturated heterocycles. The van der Waals surface area contributed by atoms with Gasteiger partial charge >= 0.3 is 0 Å². The molecule has 1 amide bonds. The highest BCUT2D eigenvalue weighted by molar-refractivity contribution is 14.0. The molecular formula is C18H20FIN4O. The van der Waals surface area contributed by atoms with Crippen LogP contribution in [0.1, 0.15) is 5.56 Å². The van der Waals surface area contributed by atoms with Gasteiger partial charge in [-0.15, -0.1) is 24.0 Å². The SMILES string of the molecule is CN=C(NCC(=O)Nc1ccc(F)cc1)N1CCc2ccccc21.I. The second-order valence-corrected chi connectivity index (χ2v) is 5.49. The summed E-state index contributed by atoms with van der Waals surface area (Å²) in [5.74, 6) is 0.115. The predicted molar refractivity (Wildman–Crippen MR) is 109 cm³/mol. The standard InChI is InChI=1S/C18H19FN4O.HI/c1-20-18(23-11-10-13-4-2-3-5-16(13)23)21-12-17(24)22-15-8-6-14(19)7-9-15;/h2-9H,10-12H2,1H3,(H,20,21)(H,22,24);1H. The average molecular weight is 454 g/mol. The van der Waals surface area contributed by atoms with Crippen molar-refractivity contribution in [2.45, 2.75) is 6.42 Å². The van der Waals surface area contributed by atoms with Gasteiger partial charge in [-0.1, -0.05) is 18.2 Å². The molecule has 1 heterocycles. The van der Waals surface area contributed by atoms with E-state index in [1.54, 1.807) is 7.05 Å². The van der Waals surface area contributed by atoms with Crippen molar-refractivity contribution >= 4 is 47.2 Å². The first-order chi connectivity index (χ1) is 11.7. The molecule has 132 valence electrons. The highest BCUT2D eigenvalue weighted by Crippen LogP contribution is 2.27. The number of halogens is 2. The van der Waals surface area contributed by atoms with Gasteiger partial charge in [0.1, 0.15) is 5.82 Å². The highest BCUT2D eigenvalue weighted by Gasteiger charge is 2.22. The zero-order chi connectivity index (χ0) is 16.9. The molecule has 0 aliphatic carbocycles. The number of hydrogen-bond donors (Lipinski definition) is 2. The van der Waals surface area contributed by atoms with Crippen LogP contribution in [0.3, 0.4) is 0 Å². The smallest absolute Gasteiger partial charge is 0.243 e. The first-order valence-corrected chi connectivity index (χ1v) is 7.79. The molecule has 2 aromatic carbocycles. The molecule has 0 spiro atoms. The van der Waals surface area contributed by atoms with Crippen molar-refractivity contribution in [2.75, 3.05) is 30.4 Å². The maximum absolute atomic E-state index is 12.9. The molecule has 5 nitrogen and oxygen atoms in total. The number of nitrogens with one attached hydrogen (secondary N) is 2. The number of guanidine groups is 1. The van der Waals surface area contributed by atoms with Crippen LogP contribution < -0.4 is 15.5 Å². The Balaban J connectivity index is 0.00000225. The van der Waals surface area contributed by atoms with Gasteiger partial charge in [0.15, 0.2) is 5.96 Å². The van der Waals surface area contributed by atoms with Crippen LogP contribution in [0.5, 0.6) is 0 Å². The van der Waals surface area contributed by atoms with E-state index in [2.05, 4.69) is 26.6 Å². The largest absolute Gasteiger partial charge is 0.347 e. The number of benzene rings is 2. The minimum Gasteiger partial charge on any atom is -0.347 e. The van der Waals surface area contributed by atoms with E-state index in [0.717, 1.165) is 18.7 Å². The number of nitrogens with zero attached hydrogens (tertiary/aromatic N) is 2. The lowest BCUT2D eigenvalue weighted by Crippen LogP contribution is -2.43. The van der Waals surface area contributed by atoms with Gasteiger partial charge in [0, 0.05) is 25.0 Å². The Bertz CT molecular complexity index is 764. The summed E-state index contributed by atoms with van der Waals surface area (Å²) in [5, 5.41) is 5.79. The molecule has 3 rings (SSSR count). The third-order valence-corrected chi connectivity index (χ3v) is 3.89. The van der Waals surface area contributed by atoms with Gasteiger partial charge in [-0.25, -0.2) is 4.39 Å². The second kappa shape index (κ2) is 8.80. The van der Waals surface area contributed by atoms with Crippen molar-refractivity contribution in [1.29, 1.82) is 0 Å². The number of carbonyl (C=O) groups excluding carboxylic acids is 1. The van der Waals surface area contributed by atoms with E-state index >= 15 is 0 Å². The molecule has 1 aliphatic rings. The highest BCUT2D eigenvalue weighted by atomic mass is 127. The van der Waals surface area contributed by atoms with Crippen LogP contribution in [0.15, 0.2) is 53.5 Å². The van der Waals surface area contributed by atoms with E-state index in [1.807, 2.05) is 18.2 Å². The normalized spacial score (nSPS) is 13.0. The lowest BCUT2D eigenvalue weighted by atomic mass is 10.2. The fourth-order valence-corrected chi connectivity index (χ4v) is 2.75. The van der Waals surface area contributed by atoms with Crippen LogP contribution in [0, 0.1) is 5.82 Å². The van der Waals surface area contributed by atoms with E-state index in [-0.39, 0.29) is 42.2 Å². The van der Waals surface area contributed by atoms with Crippen LogP contribution in [0.2, 0.25) is 0 Å². The second-order valence-electron chi connectivity index (χ2n) is 5.49. The average Bonchev–Trinajstić information content (AvgIpc) is 3.02.